The van der Waals surface area contributed by atoms with Gasteiger partial charge in [0.05, 0.1) is 16.1 Å². The first-order valence-corrected chi connectivity index (χ1v) is 15.2. The molecule has 1 amide bonds. The van der Waals surface area contributed by atoms with Gasteiger partial charge in [-0.05, 0) is 80.3 Å². The Kier molecular flexibility index (Phi) is 6.77. The standard InChI is InChI=1S/C33H34N2O5S/c1-32(2)33(3,4)40-31(39-32)23-13-16-27(17-14-23)34-30(36)29-20-25-11-7-8-12-26(25)21-35(29)41(37,38)28-18-15-22-9-5-6-10-24(22)19-28/h5-19,29,31H,20-21H2,1-4H3,(H,34,36). The third-order valence-corrected chi connectivity index (χ3v) is 10.4. The van der Waals surface area contributed by atoms with E-state index in [1.807, 2.05) is 88.4 Å². The van der Waals surface area contributed by atoms with Crippen LogP contribution in [0.15, 0.2) is 95.9 Å². The second kappa shape index (κ2) is 10.1. The van der Waals surface area contributed by atoms with Crippen molar-refractivity contribution in [3.8, 4) is 0 Å². The van der Waals surface area contributed by atoms with E-state index in [-0.39, 0.29) is 23.8 Å². The maximum atomic E-state index is 14.0. The number of ether oxygens (including phenoxy) is 2. The number of hydrogen-bond donors (Lipinski definition) is 1. The fourth-order valence-corrected chi connectivity index (χ4v) is 6.97. The van der Waals surface area contributed by atoms with Crippen LogP contribution in [0.5, 0.6) is 0 Å². The summed E-state index contributed by atoms with van der Waals surface area (Å²) < 4.78 is 41.6. The minimum absolute atomic E-state index is 0.115. The summed E-state index contributed by atoms with van der Waals surface area (Å²) in [5, 5.41) is 4.73. The van der Waals surface area contributed by atoms with E-state index in [0.29, 0.717) is 5.69 Å². The number of sulfonamides is 1. The fraction of sp³-hybridized carbons (Fsp3) is 0.303. The number of amides is 1. The van der Waals surface area contributed by atoms with E-state index < -0.39 is 33.6 Å². The molecule has 7 nitrogen and oxygen atoms in total. The predicted octanol–water partition coefficient (Wildman–Crippen LogP) is 6.20. The van der Waals surface area contributed by atoms with Gasteiger partial charge >= 0.3 is 0 Å². The molecule has 2 aliphatic rings. The average molecular weight is 571 g/mol. The van der Waals surface area contributed by atoms with Crippen molar-refractivity contribution < 1.29 is 22.7 Å². The molecular formula is C33H34N2O5S. The SMILES string of the molecule is CC1(C)OC(c2ccc(NC(=O)C3Cc4ccccc4CN3S(=O)(=O)c3ccc4ccccc4c3)cc2)OC1(C)C. The molecule has 4 aromatic carbocycles. The molecule has 0 saturated carbocycles. The zero-order chi connectivity index (χ0) is 29.0. The lowest BCUT2D eigenvalue weighted by Gasteiger charge is -2.35. The van der Waals surface area contributed by atoms with Crippen molar-refractivity contribution in [3.05, 3.63) is 108 Å². The van der Waals surface area contributed by atoms with Crippen LogP contribution in [0.4, 0.5) is 5.69 Å². The van der Waals surface area contributed by atoms with Crippen LogP contribution in [0, 0.1) is 0 Å². The minimum Gasteiger partial charge on any atom is -0.339 e. The Morgan fingerprint density at radius 2 is 1.41 bits per heavy atom. The highest BCUT2D eigenvalue weighted by Gasteiger charge is 2.49. The average Bonchev–Trinajstić information content (AvgIpc) is 3.18. The van der Waals surface area contributed by atoms with E-state index in [4.69, 9.17) is 9.47 Å². The van der Waals surface area contributed by atoms with Gasteiger partial charge in [-0.1, -0.05) is 66.7 Å². The smallest absolute Gasteiger partial charge is 0.244 e. The molecule has 2 aliphatic heterocycles. The van der Waals surface area contributed by atoms with Gasteiger partial charge in [0.15, 0.2) is 6.29 Å². The summed E-state index contributed by atoms with van der Waals surface area (Å²) in [6.07, 6.45) is -0.233. The maximum absolute atomic E-state index is 14.0. The van der Waals surface area contributed by atoms with Crippen LogP contribution in [0.2, 0.25) is 0 Å². The van der Waals surface area contributed by atoms with Crippen molar-refractivity contribution in [1.29, 1.82) is 0 Å². The highest BCUT2D eigenvalue weighted by Crippen LogP contribution is 2.44. The zero-order valence-electron chi connectivity index (χ0n) is 23.6. The van der Waals surface area contributed by atoms with E-state index in [1.165, 1.54) is 4.31 Å². The molecule has 0 bridgehead atoms. The summed E-state index contributed by atoms with van der Waals surface area (Å²) in [5.41, 5.74) is 2.36. The second-order valence-corrected chi connectivity index (χ2v) is 13.6. The van der Waals surface area contributed by atoms with Gasteiger partial charge in [-0.3, -0.25) is 4.79 Å². The molecule has 1 fully saturated rings. The highest BCUT2D eigenvalue weighted by atomic mass is 32.2. The summed E-state index contributed by atoms with van der Waals surface area (Å²) in [7, 11) is -3.98. The first-order valence-electron chi connectivity index (χ1n) is 13.8. The fourth-order valence-electron chi connectivity index (χ4n) is 5.37. The number of fused-ring (bicyclic) bond motifs is 2. The van der Waals surface area contributed by atoms with Crippen LogP contribution in [0.3, 0.4) is 0 Å². The van der Waals surface area contributed by atoms with Crippen molar-refractivity contribution in [2.75, 3.05) is 5.32 Å². The number of benzene rings is 4. The Bertz CT molecular complexity index is 1710. The minimum atomic E-state index is -3.98. The Morgan fingerprint density at radius 1 is 0.805 bits per heavy atom. The number of nitrogens with one attached hydrogen (secondary N) is 1. The Balaban J connectivity index is 1.27. The summed E-state index contributed by atoms with van der Waals surface area (Å²) in [5.74, 6) is -0.382. The number of carbonyl (C=O) groups excluding carboxylic acids is 1. The molecule has 0 radical (unpaired) electrons. The van der Waals surface area contributed by atoms with Gasteiger partial charge in [-0.2, -0.15) is 4.31 Å². The topological polar surface area (TPSA) is 84.9 Å². The largest absolute Gasteiger partial charge is 0.339 e. The number of hydrogen-bond acceptors (Lipinski definition) is 5. The second-order valence-electron chi connectivity index (χ2n) is 11.7. The van der Waals surface area contributed by atoms with Crippen molar-refractivity contribution >= 4 is 32.4 Å². The van der Waals surface area contributed by atoms with Gasteiger partial charge in [-0.25, -0.2) is 8.42 Å². The van der Waals surface area contributed by atoms with Gasteiger partial charge in [0.1, 0.15) is 6.04 Å². The van der Waals surface area contributed by atoms with Crippen LogP contribution in [0.25, 0.3) is 10.8 Å². The molecule has 0 aromatic heterocycles. The van der Waals surface area contributed by atoms with E-state index >= 15 is 0 Å². The molecule has 2 heterocycles. The molecule has 0 spiro atoms. The number of rotatable bonds is 5. The van der Waals surface area contributed by atoms with Crippen molar-refractivity contribution in [3.63, 3.8) is 0 Å². The van der Waals surface area contributed by atoms with Crippen LogP contribution in [-0.2, 0) is 37.3 Å². The molecule has 212 valence electrons. The molecule has 1 N–H and O–H groups in total. The lowest BCUT2D eigenvalue weighted by atomic mass is 9.90. The summed E-state index contributed by atoms with van der Waals surface area (Å²) in [4.78, 5) is 13.9. The molecule has 41 heavy (non-hydrogen) atoms. The van der Waals surface area contributed by atoms with Crippen molar-refractivity contribution in [2.24, 2.45) is 0 Å². The first kappa shape index (κ1) is 27.6. The maximum Gasteiger partial charge on any atom is 0.244 e. The molecular weight excluding hydrogens is 536 g/mol. The Hall–Kier alpha value is -3.56. The van der Waals surface area contributed by atoms with Gasteiger partial charge in [0, 0.05) is 17.8 Å². The van der Waals surface area contributed by atoms with E-state index in [0.717, 1.165) is 27.5 Å². The Morgan fingerprint density at radius 3 is 2.10 bits per heavy atom. The molecule has 4 aromatic rings. The molecule has 1 atom stereocenters. The normalized spacial score (nSPS) is 20.5. The Labute approximate surface area is 241 Å². The zero-order valence-corrected chi connectivity index (χ0v) is 24.4. The van der Waals surface area contributed by atoms with Gasteiger partial charge in [0.25, 0.3) is 0 Å². The van der Waals surface area contributed by atoms with Crippen LogP contribution in [0.1, 0.15) is 50.7 Å². The highest BCUT2D eigenvalue weighted by molar-refractivity contribution is 7.89. The number of anilines is 1. The van der Waals surface area contributed by atoms with Crippen LogP contribution >= 0.6 is 0 Å². The van der Waals surface area contributed by atoms with E-state index in [1.54, 1.807) is 30.3 Å². The summed E-state index contributed by atoms with van der Waals surface area (Å²) in [6.45, 7) is 8.12. The molecule has 0 aliphatic carbocycles. The summed E-state index contributed by atoms with van der Waals surface area (Å²) >= 11 is 0. The van der Waals surface area contributed by atoms with E-state index in [2.05, 4.69) is 5.32 Å². The van der Waals surface area contributed by atoms with Crippen LogP contribution in [-0.4, -0.2) is 35.9 Å². The quantitative estimate of drug-likeness (QED) is 0.309. The van der Waals surface area contributed by atoms with E-state index in [9.17, 15) is 13.2 Å². The molecule has 6 rings (SSSR count). The van der Waals surface area contributed by atoms with Crippen molar-refractivity contribution in [1.82, 2.24) is 4.31 Å². The van der Waals surface area contributed by atoms with Crippen LogP contribution < -0.4 is 5.32 Å². The molecule has 1 unspecified atom stereocenters. The third kappa shape index (κ3) is 5.06. The van der Waals surface area contributed by atoms with Gasteiger partial charge < -0.3 is 14.8 Å². The van der Waals surface area contributed by atoms with Gasteiger partial charge in [0.2, 0.25) is 15.9 Å². The molecule has 8 heteroatoms. The first-order chi connectivity index (χ1) is 19.4. The molecule has 1 saturated heterocycles. The van der Waals surface area contributed by atoms with Gasteiger partial charge in [-0.15, -0.1) is 0 Å². The summed E-state index contributed by atoms with van der Waals surface area (Å²) in [6, 6.07) is 26.8. The lowest BCUT2D eigenvalue weighted by molar-refractivity contribution is -0.120. The van der Waals surface area contributed by atoms with Crippen molar-refractivity contribution in [2.45, 2.75) is 69.1 Å². The lowest BCUT2D eigenvalue weighted by Crippen LogP contribution is -2.50. The predicted molar refractivity (Wildman–Crippen MR) is 159 cm³/mol. The monoisotopic (exact) mass is 570 g/mol. The third-order valence-electron chi connectivity index (χ3n) is 8.54. The number of carbonyl (C=O) groups is 1. The number of nitrogens with zero attached hydrogens (tertiary/aromatic N) is 1.